The molecule has 0 saturated heterocycles. The Kier molecular flexibility index (Phi) is 3.98. The SMILES string of the molecule is NCCc1nc(C(=O)NC2CCc3cc(F)ccc32)cs1. The van der Waals surface area contributed by atoms with Gasteiger partial charge in [-0.25, -0.2) is 9.37 Å². The van der Waals surface area contributed by atoms with Crippen molar-refractivity contribution in [3.63, 3.8) is 0 Å². The van der Waals surface area contributed by atoms with Crippen LogP contribution in [0.15, 0.2) is 23.6 Å². The number of nitrogens with two attached hydrogens (primary N) is 1. The minimum Gasteiger partial charge on any atom is -0.344 e. The molecular weight excluding hydrogens is 289 g/mol. The summed E-state index contributed by atoms with van der Waals surface area (Å²) in [6.45, 7) is 0.524. The molecule has 0 aliphatic heterocycles. The largest absolute Gasteiger partial charge is 0.344 e. The van der Waals surface area contributed by atoms with E-state index in [0.29, 0.717) is 18.7 Å². The van der Waals surface area contributed by atoms with E-state index in [0.717, 1.165) is 29.0 Å². The van der Waals surface area contributed by atoms with Crippen LogP contribution in [0.5, 0.6) is 0 Å². The van der Waals surface area contributed by atoms with Crippen LogP contribution in [0.4, 0.5) is 4.39 Å². The van der Waals surface area contributed by atoms with Crippen LogP contribution in [0, 0.1) is 5.82 Å². The standard InChI is InChI=1S/C15H16FN3OS/c16-10-2-3-11-9(7-10)1-4-12(11)19-15(20)13-8-21-14(18-13)5-6-17/h2-3,7-8,12H,1,4-6,17H2,(H,19,20). The van der Waals surface area contributed by atoms with E-state index in [-0.39, 0.29) is 17.8 Å². The summed E-state index contributed by atoms with van der Waals surface area (Å²) in [7, 11) is 0. The number of carbonyl (C=O) groups excluding carboxylic acids is 1. The highest BCUT2D eigenvalue weighted by atomic mass is 32.1. The molecule has 0 fully saturated rings. The van der Waals surface area contributed by atoms with E-state index in [9.17, 15) is 9.18 Å². The van der Waals surface area contributed by atoms with Gasteiger partial charge in [0.1, 0.15) is 11.5 Å². The zero-order valence-electron chi connectivity index (χ0n) is 11.4. The Morgan fingerprint density at radius 3 is 3.19 bits per heavy atom. The summed E-state index contributed by atoms with van der Waals surface area (Å²) in [5.74, 6) is -0.414. The molecule has 1 heterocycles. The molecular formula is C15H16FN3OS. The average molecular weight is 305 g/mol. The molecule has 1 aliphatic rings. The van der Waals surface area contributed by atoms with Gasteiger partial charge in [0.05, 0.1) is 11.0 Å². The maximum absolute atomic E-state index is 13.2. The normalized spacial score (nSPS) is 16.8. The zero-order chi connectivity index (χ0) is 14.8. The molecule has 6 heteroatoms. The molecule has 21 heavy (non-hydrogen) atoms. The fourth-order valence-electron chi connectivity index (χ4n) is 2.62. The minimum atomic E-state index is -0.230. The molecule has 0 spiro atoms. The van der Waals surface area contributed by atoms with Crippen LogP contribution in [0.3, 0.4) is 0 Å². The van der Waals surface area contributed by atoms with Gasteiger partial charge in [0.2, 0.25) is 0 Å². The molecule has 4 nitrogen and oxygen atoms in total. The zero-order valence-corrected chi connectivity index (χ0v) is 12.3. The van der Waals surface area contributed by atoms with Crippen molar-refractivity contribution in [3.8, 4) is 0 Å². The van der Waals surface area contributed by atoms with E-state index >= 15 is 0 Å². The number of thiazole rings is 1. The van der Waals surface area contributed by atoms with Crippen molar-refractivity contribution in [2.24, 2.45) is 5.73 Å². The van der Waals surface area contributed by atoms with E-state index in [1.807, 2.05) is 0 Å². The maximum atomic E-state index is 13.2. The summed E-state index contributed by atoms with van der Waals surface area (Å²) in [6, 6.07) is 4.67. The number of nitrogens with zero attached hydrogens (tertiary/aromatic N) is 1. The second-order valence-electron chi connectivity index (χ2n) is 5.07. The first-order chi connectivity index (χ1) is 10.2. The van der Waals surface area contributed by atoms with Gasteiger partial charge >= 0.3 is 0 Å². The number of fused-ring (bicyclic) bond motifs is 1. The summed E-state index contributed by atoms with van der Waals surface area (Å²) < 4.78 is 13.2. The molecule has 3 N–H and O–H groups in total. The Bertz CT molecular complexity index is 671. The van der Waals surface area contributed by atoms with Gasteiger partial charge in [0, 0.05) is 11.8 Å². The van der Waals surface area contributed by atoms with Crippen LogP contribution in [0.25, 0.3) is 0 Å². The van der Waals surface area contributed by atoms with Crippen molar-refractivity contribution in [1.82, 2.24) is 10.3 Å². The highest BCUT2D eigenvalue weighted by Crippen LogP contribution is 2.31. The highest BCUT2D eigenvalue weighted by molar-refractivity contribution is 7.09. The molecule has 0 radical (unpaired) electrons. The molecule has 1 aromatic heterocycles. The van der Waals surface area contributed by atoms with Gasteiger partial charge < -0.3 is 11.1 Å². The number of nitrogens with one attached hydrogen (secondary N) is 1. The lowest BCUT2D eigenvalue weighted by Gasteiger charge is -2.13. The fraction of sp³-hybridized carbons (Fsp3) is 0.333. The highest BCUT2D eigenvalue weighted by Gasteiger charge is 2.25. The van der Waals surface area contributed by atoms with E-state index in [1.54, 1.807) is 17.5 Å². The molecule has 0 bridgehead atoms. The average Bonchev–Trinajstić information content (AvgIpc) is 3.06. The smallest absolute Gasteiger partial charge is 0.271 e. The van der Waals surface area contributed by atoms with Crippen LogP contribution in [-0.2, 0) is 12.8 Å². The van der Waals surface area contributed by atoms with Gasteiger partial charge in [-0.1, -0.05) is 6.07 Å². The summed E-state index contributed by atoms with van der Waals surface area (Å²) >= 11 is 1.45. The molecule has 1 amide bonds. The number of aryl methyl sites for hydroxylation is 1. The van der Waals surface area contributed by atoms with Gasteiger partial charge in [-0.2, -0.15) is 0 Å². The lowest BCUT2D eigenvalue weighted by atomic mass is 10.1. The number of amides is 1. The van der Waals surface area contributed by atoms with Gasteiger partial charge in [-0.05, 0) is 42.6 Å². The van der Waals surface area contributed by atoms with Gasteiger partial charge in [0.25, 0.3) is 5.91 Å². The summed E-state index contributed by atoms with van der Waals surface area (Å²) in [5.41, 5.74) is 7.88. The van der Waals surface area contributed by atoms with E-state index in [4.69, 9.17) is 5.73 Å². The van der Waals surface area contributed by atoms with Crippen molar-refractivity contribution in [3.05, 3.63) is 51.2 Å². The molecule has 1 unspecified atom stereocenters. The third kappa shape index (κ3) is 2.96. The van der Waals surface area contributed by atoms with Crippen molar-refractivity contribution in [2.45, 2.75) is 25.3 Å². The number of rotatable bonds is 4. The first-order valence-electron chi connectivity index (χ1n) is 6.91. The summed E-state index contributed by atoms with van der Waals surface area (Å²) in [4.78, 5) is 16.5. The summed E-state index contributed by atoms with van der Waals surface area (Å²) in [5, 5.41) is 5.60. The van der Waals surface area contributed by atoms with Crippen LogP contribution in [0.2, 0.25) is 0 Å². The molecule has 1 aliphatic carbocycles. The molecule has 0 saturated carbocycles. The number of hydrogen-bond acceptors (Lipinski definition) is 4. The number of halogens is 1. The van der Waals surface area contributed by atoms with Gasteiger partial charge in [-0.3, -0.25) is 4.79 Å². The van der Waals surface area contributed by atoms with Crippen LogP contribution in [-0.4, -0.2) is 17.4 Å². The van der Waals surface area contributed by atoms with Crippen molar-refractivity contribution in [2.75, 3.05) is 6.54 Å². The number of carbonyl (C=O) groups is 1. The Hall–Kier alpha value is -1.79. The number of benzene rings is 1. The van der Waals surface area contributed by atoms with Gasteiger partial charge in [0.15, 0.2) is 0 Å². The van der Waals surface area contributed by atoms with Gasteiger partial charge in [-0.15, -0.1) is 11.3 Å². The van der Waals surface area contributed by atoms with E-state index in [2.05, 4.69) is 10.3 Å². The third-order valence-electron chi connectivity index (χ3n) is 3.63. The Balaban J connectivity index is 1.71. The van der Waals surface area contributed by atoms with Crippen molar-refractivity contribution in [1.29, 1.82) is 0 Å². The number of hydrogen-bond donors (Lipinski definition) is 2. The van der Waals surface area contributed by atoms with Crippen molar-refractivity contribution >= 4 is 17.2 Å². The van der Waals surface area contributed by atoms with Crippen LogP contribution in [0.1, 0.15) is 39.1 Å². The monoisotopic (exact) mass is 305 g/mol. The topological polar surface area (TPSA) is 68.0 Å². The maximum Gasteiger partial charge on any atom is 0.271 e. The minimum absolute atomic E-state index is 0.0623. The Labute approximate surface area is 126 Å². The lowest BCUT2D eigenvalue weighted by Crippen LogP contribution is -2.27. The van der Waals surface area contributed by atoms with E-state index < -0.39 is 0 Å². The molecule has 110 valence electrons. The molecule has 1 aromatic carbocycles. The first-order valence-corrected chi connectivity index (χ1v) is 7.79. The third-order valence-corrected chi connectivity index (χ3v) is 4.54. The Morgan fingerprint density at radius 2 is 2.38 bits per heavy atom. The lowest BCUT2D eigenvalue weighted by molar-refractivity contribution is 0.0932. The Morgan fingerprint density at radius 1 is 1.52 bits per heavy atom. The second kappa shape index (κ2) is 5.91. The van der Waals surface area contributed by atoms with Crippen LogP contribution >= 0.6 is 11.3 Å². The summed E-state index contributed by atoms with van der Waals surface area (Å²) in [6.07, 6.45) is 2.27. The van der Waals surface area contributed by atoms with Crippen LogP contribution < -0.4 is 11.1 Å². The molecule has 3 rings (SSSR count). The quantitative estimate of drug-likeness (QED) is 0.910. The van der Waals surface area contributed by atoms with E-state index in [1.165, 1.54) is 17.4 Å². The fourth-order valence-corrected chi connectivity index (χ4v) is 3.42. The predicted octanol–water partition coefficient (Wildman–Crippen LogP) is 2.20. The number of aromatic nitrogens is 1. The second-order valence-corrected chi connectivity index (χ2v) is 6.02. The first kappa shape index (κ1) is 14.2. The molecule has 1 atom stereocenters. The predicted molar refractivity (Wildman–Crippen MR) is 79.8 cm³/mol. The van der Waals surface area contributed by atoms with Crippen molar-refractivity contribution < 1.29 is 9.18 Å². The molecule has 2 aromatic rings.